The van der Waals surface area contributed by atoms with Gasteiger partial charge in [0.25, 0.3) is 5.09 Å². The van der Waals surface area contributed by atoms with E-state index in [0.29, 0.717) is 25.7 Å². The highest BCUT2D eigenvalue weighted by Crippen LogP contribution is 2.34. The molecule has 1 aromatic heterocycles. The molecule has 0 fully saturated rings. The van der Waals surface area contributed by atoms with E-state index in [2.05, 4.69) is 4.98 Å². The van der Waals surface area contributed by atoms with Crippen LogP contribution in [0.5, 0.6) is 0 Å². The Hall–Kier alpha value is -2.03. The van der Waals surface area contributed by atoms with Crippen molar-refractivity contribution in [2.24, 2.45) is 0 Å². The number of aromatic nitrogens is 2. The van der Waals surface area contributed by atoms with Gasteiger partial charge in [0.2, 0.25) is 0 Å². The highest BCUT2D eigenvalue weighted by molar-refractivity contribution is 6.42. The molecule has 0 saturated heterocycles. The highest BCUT2D eigenvalue weighted by atomic mass is 35.5. The zero-order valence-corrected chi connectivity index (χ0v) is 17.7. The number of hydrogen-bond donors (Lipinski definition) is 2. The summed E-state index contributed by atoms with van der Waals surface area (Å²) >= 11 is 24.4. The molecule has 0 aliphatic rings. The monoisotopic (exact) mass is 477 g/mol. The van der Waals surface area contributed by atoms with E-state index >= 15 is 0 Å². The molecule has 3 rings (SSSR count). The molecule has 2 N–H and O–H groups in total. The molecule has 29 heavy (non-hydrogen) atoms. The first-order valence-corrected chi connectivity index (χ1v) is 9.53. The van der Waals surface area contributed by atoms with Gasteiger partial charge < -0.3 is 14.9 Å². The lowest BCUT2D eigenvalue weighted by Gasteiger charge is -2.30. The molecule has 0 amide bonds. The van der Waals surface area contributed by atoms with Crippen molar-refractivity contribution >= 4 is 46.4 Å². The van der Waals surface area contributed by atoms with Gasteiger partial charge in [-0.3, -0.25) is 0 Å². The van der Waals surface area contributed by atoms with Crippen LogP contribution in [0.25, 0.3) is 0 Å². The molecule has 154 valence electrons. The van der Waals surface area contributed by atoms with E-state index in [1.807, 2.05) is 0 Å². The summed E-state index contributed by atoms with van der Waals surface area (Å²) in [5, 5.41) is 27.0. The molecule has 3 aromatic rings. The predicted molar refractivity (Wildman–Crippen MR) is 112 cm³/mol. The molecule has 1 atom stereocenters. The molecular formula is C18H15Cl4N3O4. The molecule has 0 aliphatic heterocycles. The SMILES string of the molecule is O=[N+]([O-])O.OC(Cc1ccc(Cl)cc1Cl)(Cn1ccnc1)c1ccc(Cl)c(Cl)c1. The molecule has 0 saturated carbocycles. The summed E-state index contributed by atoms with van der Waals surface area (Å²) in [6, 6.07) is 10.3. The van der Waals surface area contributed by atoms with Crippen LogP contribution in [-0.2, 0) is 18.6 Å². The summed E-state index contributed by atoms with van der Waals surface area (Å²) in [7, 11) is 0. The number of aliphatic hydroxyl groups is 1. The van der Waals surface area contributed by atoms with E-state index in [9.17, 15) is 5.11 Å². The van der Waals surface area contributed by atoms with Crippen LogP contribution in [0.4, 0.5) is 0 Å². The molecule has 0 aliphatic carbocycles. The minimum atomic E-state index is -1.50. The third-order valence-electron chi connectivity index (χ3n) is 3.96. The molecule has 0 spiro atoms. The minimum Gasteiger partial charge on any atom is -0.383 e. The quantitative estimate of drug-likeness (QED) is 0.383. The Morgan fingerprint density at radius 2 is 1.76 bits per heavy atom. The Labute approximate surface area is 186 Å². The van der Waals surface area contributed by atoms with Gasteiger partial charge in [-0.1, -0.05) is 58.5 Å². The number of nitrogens with zero attached hydrogens (tertiary/aromatic N) is 3. The number of rotatable bonds is 5. The Bertz CT molecular complexity index is 981. The first-order chi connectivity index (χ1) is 13.6. The summed E-state index contributed by atoms with van der Waals surface area (Å²) in [6.07, 6.45) is 5.36. The van der Waals surface area contributed by atoms with Crippen LogP contribution < -0.4 is 0 Å². The maximum Gasteiger partial charge on any atom is 0.291 e. The fourth-order valence-electron chi connectivity index (χ4n) is 2.70. The standard InChI is InChI=1S/C18H14Cl4N2O.HNO3/c19-14-3-1-12(16(21)8-14)9-18(25,10-24-6-5-23-11-24)13-2-4-15(20)17(22)7-13;2-1(3)4/h1-8,11,25H,9-10H2;(H,2,3,4). The van der Waals surface area contributed by atoms with E-state index < -0.39 is 10.7 Å². The Morgan fingerprint density at radius 3 is 2.31 bits per heavy atom. The van der Waals surface area contributed by atoms with E-state index in [0.717, 1.165) is 5.56 Å². The molecule has 1 heterocycles. The summed E-state index contributed by atoms with van der Waals surface area (Å²) in [6.45, 7) is 0.282. The molecule has 7 nitrogen and oxygen atoms in total. The lowest BCUT2D eigenvalue weighted by atomic mass is 9.87. The third-order valence-corrected chi connectivity index (χ3v) is 5.28. The van der Waals surface area contributed by atoms with Crippen LogP contribution in [0, 0.1) is 10.1 Å². The Morgan fingerprint density at radius 1 is 1.07 bits per heavy atom. The fraction of sp³-hybridized carbons (Fsp3) is 0.167. The van der Waals surface area contributed by atoms with Gasteiger partial charge in [0.1, 0.15) is 5.60 Å². The first-order valence-electron chi connectivity index (χ1n) is 8.01. The highest BCUT2D eigenvalue weighted by Gasteiger charge is 2.31. The van der Waals surface area contributed by atoms with Crippen molar-refractivity contribution in [3.8, 4) is 0 Å². The van der Waals surface area contributed by atoms with E-state index in [-0.39, 0.29) is 13.0 Å². The zero-order chi connectivity index (χ0) is 21.6. The largest absolute Gasteiger partial charge is 0.383 e. The summed E-state index contributed by atoms with van der Waals surface area (Å²) in [5.74, 6) is 0. The normalized spacial score (nSPS) is 12.6. The number of hydrogen-bond acceptors (Lipinski definition) is 4. The van der Waals surface area contributed by atoms with Crippen LogP contribution >= 0.6 is 46.4 Å². The predicted octanol–water partition coefficient (Wildman–Crippen LogP) is 5.28. The lowest BCUT2D eigenvalue weighted by Crippen LogP contribution is -2.33. The van der Waals surface area contributed by atoms with Crippen molar-refractivity contribution in [3.05, 3.63) is 96.5 Å². The van der Waals surface area contributed by atoms with Crippen molar-refractivity contribution in [1.82, 2.24) is 9.55 Å². The zero-order valence-electron chi connectivity index (χ0n) is 14.7. The van der Waals surface area contributed by atoms with Gasteiger partial charge in [-0.25, -0.2) is 4.98 Å². The van der Waals surface area contributed by atoms with Crippen molar-refractivity contribution < 1.29 is 15.4 Å². The maximum absolute atomic E-state index is 11.5. The van der Waals surface area contributed by atoms with E-state index in [1.165, 1.54) is 0 Å². The van der Waals surface area contributed by atoms with Gasteiger partial charge >= 0.3 is 0 Å². The fourth-order valence-corrected chi connectivity index (χ4v) is 3.47. The third kappa shape index (κ3) is 6.76. The maximum atomic E-state index is 11.5. The Kier molecular flexibility index (Phi) is 8.13. The van der Waals surface area contributed by atoms with E-state index in [4.69, 9.17) is 61.7 Å². The number of halogens is 4. The van der Waals surface area contributed by atoms with Crippen LogP contribution in [-0.4, -0.2) is 25.0 Å². The summed E-state index contributed by atoms with van der Waals surface area (Å²) in [4.78, 5) is 12.4. The van der Waals surface area contributed by atoms with Crippen LogP contribution in [0.1, 0.15) is 11.1 Å². The molecule has 0 bridgehead atoms. The van der Waals surface area contributed by atoms with E-state index in [1.54, 1.807) is 59.7 Å². The summed E-state index contributed by atoms with van der Waals surface area (Å²) in [5.41, 5.74) is 0.160. The molecule has 11 heteroatoms. The second kappa shape index (κ2) is 10.1. The first kappa shape index (κ1) is 23.3. The summed E-state index contributed by atoms with van der Waals surface area (Å²) < 4.78 is 1.80. The average Bonchev–Trinajstić information content (AvgIpc) is 3.12. The van der Waals surface area contributed by atoms with Crippen molar-refractivity contribution in [3.63, 3.8) is 0 Å². The topological polar surface area (TPSA) is 101 Å². The van der Waals surface area contributed by atoms with Crippen LogP contribution in [0.2, 0.25) is 20.1 Å². The molecule has 0 radical (unpaired) electrons. The Balaban J connectivity index is 0.000000687. The second-order valence-electron chi connectivity index (χ2n) is 6.05. The van der Waals surface area contributed by atoms with Gasteiger partial charge in [0, 0.05) is 28.9 Å². The number of benzene rings is 2. The van der Waals surface area contributed by atoms with Gasteiger partial charge in [-0.15, -0.1) is 10.1 Å². The smallest absolute Gasteiger partial charge is 0.291 e. The van der Waals surface area contributed by atoms with Crippen LogP contribution in [0.15, 0.2) is 55.1 Å². The van der Waals surface area contributed by atoms with Crippen molar-refractivity contribution in [1.29, 1.82) is 0 Å². The second-order valence-corrected chi connectivity index (χ2v) is 7.70. The van der Waals surface area contributed by atoms with Crippen LogP contribution in [0.3, 0.4) is 0 Å². The van der Waals surface area contributed by atoms with Gasteiger partial charge in [0.05, 0.1) is 22.9 Å². The van der Waals surface area contributed by atoms with Gasteiger partial charge in [-0.2, -0.15) is 0 Å². The molecule has 2 aromatic carbocycles. The van der Waals surface area contributed by atoms with Gasteiger partial charge in [0.15, 0.2) is 0 Å². The lowest BCUT2D eigenvalue weighted by molar-refractivity contribution is -0.742. The molecule has 1 unspecified atom stereocenters. The molecular weight excluding hydrogens is 464 g/mol. The van der Waals surface area contributed by atoms with Crippen molar-refractivity contribution in [2.75, 3.05) is 0 Å². The number of imidazole rings is 1. The van der Waals surface area contributed by atoms with Crippen molar-refractivity contribution in [2.45, 2.75) is 18.6 Å². The minimum absolute atomic E-state index is 0.277. The average molecular weight is 479 g/mol. The van der Waals surface area contributed by atoms with Gasteiger partial charge in [-0.05, 0) is 35.4 Å².